The van der Waals surface area contributed by atoms with Gasteiger partial charge in [0.2, 0.25) is 3.83 Å². The van der Waals surface area contributed by atoms with E-state index in [1.165, 1.54) is 16.2 Å². The maximum Gasteiger partial charge on any atom is 0.261 e. The first-order valence-electron chi connectivity index (χ1n) is 12.1. The van der Waals surface area contributed by atoms with Crippen LogP contribution in [0.25, 0.3) is 0 Å². The predicted octanol–water partition coefficient (Wildman–Crippen LogP) is 5.53. The molecule has 0 spiro atoms. The van der Waals surface area contributed by atoms with Crippen LogP contribution in [0.4, 0.5) is 0 Å². The molecule has 4 nitrogen and oxygen atoms in total. The smallest absolute Gasteiger partial charge is 0.261 e. The van der Waals surface area contributed by atoms with Crippen molar-refractivity contribution in [2.75, 3.05) is 0 Å². The second-order valence-electron chi connectivity index (χ2n) is 11.0. The number of fused-ring (bicyclic) bond motifs is 1. The highest BCUT2D eigenvalue weighted by molar-refractivity contribution is 14.1. The van der Waals surface area contributed by atoms with Crippen molar-refractivity contribution in [3.8, 4) is 0 Å². The maximum atomic E-state index is 7.40. The number of benzene rings is 2. The van der Waals surface area contributed by atoms with E-state index in [0.29, 0.717) is 29.9 Å². The third-order valence-electron chi connectivity index (χ3n) is 7.58. The number of hydrogen-bond acceptors (Lipinski definition) is 3. The molecular weight excluding hydrogens is 537 g/mol. The van der Waals surface area contributed by atoms with Crippen LogP contribution in [0, 0.1) is 15.7 Å². The van der Waals surface area contributed by atoms with Gasteiger partial charge in [0.05, 0.1) is 0 Å². The van der Waals surface area contributed by atoms with Crippen molar-refractivity contribution in [3.05, 3.63) is 70.3 Å². The second kappa shape index (κ2) is 8.61. The largest absolute Gasteiger partial charge is 0.404 e. The van der Waals surface area contributed by atoms with Crippen LogP contribution in [-0.2, 0) is 4.43 Å². The summed E-state index contributed by atoms with van der Waals surface area (Å²) in [6, 6.07) is 22.4. The third-order valence-corrected chi connectivity index (χ3v) is 13.1. The molecular formula is C27H34IN3OSi. The van der Waals surface area contributed by atoms with Crippen LogP contribution < -0.4 is 10.4 Å². The molecule has 0 amide bonds. The van der Waals surface area contributed by atoms with Crippen LogP contribution in [0.5, 0.6) is 0 Å². The van der Waals surface area contributed by atoms with Gasteiger partial charge < -0.3 is 4.43 Å². The van der Waals surface area contributed by atoms with E-state index in [4.69, 9.17) is 9.41 Å². The Morgan fingerprint density at radius 2 is 1.45 bits per heavy atom. The molecule has 2 aliphatic rings. The zero-order chi connectivity index (χ0) is 23.4. The Morgan fingerprint density at radius 1 is 0.939 bits per heavy atom. The van der Waals surface area contributed by atoms with Crippen LogP contribution in [-0.4, -0.2) is 29.2 Å². The molecule has 6 heteroatoms. The van der Waals surface area contributed by atoms with Gasteiger partial charge in [0.25, 0.3) is 8.32 Å². The van der Waals surface area contributed by atoms with Crippen molar-refractivity contribution >= 4 is 41.3 Å². The van der Waals surface area contributed by atoms with Crippen molar-refractivity contribution in [2.24, 2.45) is 11.8 Å². The van der Waals surface area contributed by atoms with Gasteiger partial charge in [0, 0.05) is 40.7 Å². The van der Waals surface area contributed by atoms with Gasteiger partial charge in [-0.15, -0.1) is 5.10 Å². The Bertz CT molecular complexity index is 1060. The topological polar surface area (TPSA) is 39.9 Å². The molecule has 2 fully saturated rings. The number of aromatic nitrogens is 3. The van der Waals surface area contributed by atoms with Crippen molar-refractivity contribution in [1.29, 1.82) is 0 Å². The monoisotopic (exact) mass is 571 g/mol. The van der Waals surface area contributed by atoms with Gasteiger partial charge in [-0.3, -0.25) is 0 Å². The highest BCUT2D eigenvalue weighted by Gasteiger charge is 2.61. The van der Waals surface area contributed by atoms with E-state index in [-0.39, 0.29) is 5.04 Å². The molecule has 0 radical (unpaired) electrons. The average molecular weight is 572 g/mol. The Hall–Kier alpha value is -1.51. The molecule has 2 aromatic carbocycles. The molecule has 2 saturated carbocycles. The number of hydrogen-bond donors (Lipinski definition) is 0. The number of rotatable bonds is 6. The molecule has 174 valence electrons. The summed E-state index contributed by atoms with van der Waals surface area (Å²) in [5.41, 5.74) is 0. The zero-order valence-electron chi connectivity index (χ0n) is 20.2. The highest BCUT2D eigenvalue weighted by Crippen LogP contribution is 2.64. The first-order valence-corrected chi connectivity index (χ1v) is 15.1. The molecule has 4 atom stereocenters. The fourth-order valence-corrected chi connectivity index (χ4v) is 11.3. The van der Waals surface area contributed by atoms with Gasteiger partial charge >= 0.3 is 0 Å². The Morgan fingerprint density at radius 3 is 1.91 bits per heavy atom. The molecule has 0 aliphatic heterocycles. The van der Waals surface area contributed by atoms with Gasteiger partial charge in [-0.25, -0.2) is 9.67 Å². The van der Waals surface area contributed by atoms with E-state index < -0.39 is 8.32 Å². The molecule has 0 saturated heterocycles. The van der Waals surface area contributed by atoms with Crippen molar-refractivity contribution < 1.29 is 4.43 Å². The van der Waals surface area contributed by atoms with Gasteiger partial charge in [0.15, 0.2) is 0 Å². The summed E-state index contributed by atoms with van der Waals surface area (Å²) in [6.07, 6.45) is 2.56. The quantitative estimate of drug-likeness (QED) is 0.289. The summed E-state index contributed by atoms with van der Waals surface area (Å²) < 4.78 is 10.4. The normalized spacial score (nSPS) is 24.8. The fraction of sp³-hybridized carbons (Fsp3) is 0.481. The molecule has 5 rings (SSSR count). The van der Waals surface area contributed by atoms with E-state index >= 15 is 0 Å². The molecule has 3 aromatic rings. The lowest BCUT2D eigenvalue weighted by molar-refractivity contribution is 0.177. The van der Waals surface area contributed by atoms with Crippen LogP contribution in [0.2, 0.25) is 5.04 Å². The minimum atomic E-state index is -2.48. The minimum Gasteiger partial charge on any atom is -0.404 e. The van der Waals surface area contributed by atoms with Crippen LogP contribution in [0.15, 0.2) is 60.7 Å². The Kier molecular flexibility index (Phi) is 6.06. The zero-order valence-corrected chi connectivity index (χ0v) is 23.4. The van der Waals surface area contributed by atoms with E-state index in [1.54, 1.807) is 0 Å². The molecule has 0 N–H and O–H groups in total. The van der Waals surface area contributed by atoms with Gasteiger partial charge in [-0.2, -0.15) is 0 Å². The fourth-order valence-electron chi connectivity index (χ4n) is 6.13. The van der Waals surface area contributed by atoms with Gasteiger partial charge in [0.1, 0.15) is 5.82 Å². The van der Waals surface area contributed by atoms with Gasteiger partial charge in [-0.1, -0.05) is 81.4 Å². The molecule has 0 bridgehead atoms. The summed E-state index contributed by atoms with van der Waals surface area (Å²) in [5, 5.41) is 7.42. The first kappa shape index (κ1) is 23.2. The Balaban J connectivity index is 1.44. The van der Waals surface area contributed by atoms with Gasteiger partial charge in [-0.05, 0) is 53.9 Å². The van der Waals surface area contributed by atoms with Crippen LogP contribution in [0.3, 0.4) is 0 Å². The van der Waals surface area contributed by atoms with Crippen LogP contribution in [0.1, 0.15) is 65.2 Å². The van der Waals surface area contributed by atoms with E-state index in [0.717, 1.165) is 16.7 Å². The highest BCUT2D eigenvalue weighted by atomic mass is 127. The predicted molar refractivity (Wildman–Crippen MR) is 145 cm³/mol. The summed E-state index contributed by atoms with van der Waals surface area (Å²) in [4.78, 5) is 4.82. The lowest BCUT2D eigenvalue weighted by Crippen LogP contribution is -2.67. The van der Waals surface area contributed by atoms with Crippen molar-refractivity contribution in [3.63, 3.8) is 0 Å². The molecule has 2 unspecified atom stereocenters. The van der Waals surface area contributed by atoms with Crippen LogP contribution >= 0.6 is 22.6 Å². The summed E-state index contributed by atoms with van der Waals surface area (Å²) in [5.74, 6) is 3.08. The van der Waals surface area contributed by atoms with Crippen molar-refractivity contribution in [1.82, 2.24) is 14.8 Å². The molecule has 1 heterocycles. The standard InChI is InChI=1S/C27H34IN3OSi/c1-18(2)31-25(29-26(28)30-31)24-22-16-19(17-23(22)24)32-33(27(3,4)5,20-12-8-6-9-13-20)21-14-10-7-11-15-21/h6-15,18-19,22-24H,16-17H2,1-5H3/t19?,22-,23+,24?. The summed E-state index contributed by atoms with van der Waals surface area (Å²) >= 11 is 2.25. The third kappa shape index (κ3) is 4.02. The maximum absolute atomic E-state index is 7.40. The lowest BCUT2D eigenvalue weighted by Gasteiger charge is -2.45. The van der Waals surface area contributed by atoms with Crippen molar-refractivity contribution in [2.45, 2.75) is 70.6 Å². The van der Waals surface area contributed by atoms with E-state index in [2.05, 4.69) is 128 Å². The second-order valence-corrected chi connectivity index (χ2v) is 16.2. The summed E-state index contributed by atoms with van der Waals surface area (Å²) in [6.45, 7) is 11.5. The minimum absolute atomic E-state index is 0.0236. The molecule has 2 aliphatic carbocycles. The lowest BCUT2D eigenvalue weighted by atomic mass is 10.1. The SMILES string of the molecule is CC(C)n1nc(I)nc1C1[C@H]2CC(O[Si](c3ccccc3)(c3ccccc3)C(C)(C)C)C[C@@H]12. The molecule has 33 heavy (non-hydrogen) atoms. The van der Waals surface area contributed by atoms with E-state index in [1.807, 2.05) is 0 Å². The molecule has 1 aromatic heterocycles. The first-order chi connectivity index (χ1) is 15.7. The average Bonchev–Trinajstić information content (AvgIpc) is 3.09. The number of halogens is 1. The Labute approximate surface area is 212 Å². The number of nitrogens with zero attached hydrogens (tertiary/aromatic N) is 3. The van der Waals surface area contributed by atoms with E-state index in [9.17, 15) is 0 Å². The summed E-state index contributed by atoms with van der Waals surface area (Å²) in [7, 11) is -2.48.